The molecule has 1 aliphatic rings. The number of amides is 2. The molecule has 1 fully saturated rings. The molecule has 10 heteroatoms. The third-order valence-electron chi connectivity index (χ3n) is 4.95. The van der Waals surface area contributed by atoms with Crippen LogP contribution in [0.1, 0.15) is 17.5 Å². The van der Waals surface area contributed by atoms with E-state index >= 15 is 0 Å². The molecule has 0 saturated carbocycles. The molecule has 1 aliphatic heterocycles. The van der Waals surface area contributed by atoms with Gasteiger partial charge in [0.05, 0.1) is 29.5 Å². The van der Waals surface area contributed by atoms with E-state index < -0.39 is 16.1 Å². The van der Waals surface area contributed by atoms with Crippen LogP contribution in [0.25, 0.3) is 0 Å². The summed E-state index contributed by atoms with van der Waals surface area (Å²) in [4.78, 5) is 42.3. The first-order valence-corrected chi connectivity index (χ1v) is 11.0. The standard InChI is InChI=1S/C23H24N4O5S/c1-5-10-26-22(29)20(33-23(26)25-18-11-14(2)6-7-15(18)3)13-21(28)24-17-9-8-16(27(30)31)12-19(17)32-4/h5-9,11-12,20H,1,10,13H2,2-4H3,(H,24,28). The Morgan fingerprint density at radius 3 is 2.76 bits per heavy atom. The number of carbonyl (C=O) groups is 2. The lowest BCUT2D eigenvalue weighted by molar-refractivity contribution is -0.384. The lowest BCUT2D eigenvalue weighted by atomic mass is 10.1. The molecule has 1 saturated heterocycles. The van der Waals surface area contributed by atoms with Crippen molar-refractivity contribution in [3.63, 3.8) is 0 Å². The van der Waals surface area contributed by atoms with Gasteiger partial charge in [-0.05, 0) is 37.1 Å². The number of aliphatic imine (C=N–C) groups is 1. The zero-order valence-corrected chi connectivity index (χ0v) is 19.3. The van der Waals surface area contributed by atoms with Crippen molar-refractivity contribution in [2.75, 3.05) is 19.0 Å². The highest BCUT2D eigenvalue weighted by atomic mass is 32.2. The Labute approximate surface area is 195 Å². The second-order valence-electron chi connectivity index (χ2n) is 7.42. The summed E-state index contributed by atoms with van der Waals surface area (Å²) in [6, 6.07) is 9.81. The molecule has 0 bridgehead atoms. The molecule has 33 heavy (non-hydrogen) atoms. The number of non-ortho nitro benzene ring substituents is 1. The smallest absolute Gasteiger partial charge is 0.273 e. The van der Waals surface area contributed by atoms with E-state index in [9.17, 15) is 19.7 Å². The average Bonchev–Trinajstić information content (AvgIpc) is 3.05. The molecule has 2 amide bonds. The molecule has 0 aromatic heterocycles. The first-order valence-electron chi connectivity index (χ1n) is 10.1. The van der Waals surface area contributed by atoms with E-state index in [0.29, 0.717) is 5.17 Å². The maximum Gasteiger partial charge on any atom is 0.273 e. The van der Waals surface area contributed by atoms with Crippen LogP contribution in [-0.2, 0) is 9.59 Å². The Bertz CT molecular complexity index is 1150. The van der Waals surface area contributed by atoms with E-state index in [1.807, 2.05) is 32.0 Å². The molecule has 3 rings (SSSR count). The van der Waals surface area contributed by atoms with Crippen LogP contribution >= 0.6 is 11.8 Å². The van der Waals surface area contributed by atoms with Crippen LogP contribution in [0.4, 0.5) is 17.1 Å². The zero-order chi connectivity index (χ0) is 24.1. The quantitative estimate of drug-likeness (QED) is 0.350. The molecule has 0 radical (unpaired) electrons. The van der Waals surface area contributed by atoms with Gasteiger partial charge >= 0.3 is 0 Å². The van der Waals surface area contributed by atoms with Gasteiger partial charge in [-0.3, -0.25) is 24.6 Å². The summed E-state index contributed by atoms with van der Waals surface area (Å²) in [5.41, 5.74) is 2.93. The van der Waals surface area contributed by atoms with Gasteiger partial charge in [0.15, 0.2) is 5.17 Å². The number of amidine groups is 1. The predicted molar refractivity (Wildman–Crippen MR) is 129 cm³/mol. The number of benzene rings is 2. The number of nitrogens with one attached hydrogen (secondary N) is 1. The molecule has 1 heterocycles. The first kappa shape index (κ1) is 24.0. The number of nitro benzene ring substituents is 1. The summed E-state index contributed by atoms with van der Waals surface area (Å²) in [5.74, 6) is -0.484. The highest BCUT2D eigenvalue weighted by molar-refractivity contribution is 8.15. The topological polar surface area (TPSA) is 114 Å². The molecular weight excluding hydrogens is 444 g/mol. The summed E-state index contributed by atoms with van der Waals surface area (Å²) in [6.07, 6.45) is 1.52. The van der Waals surface area contributed by atoms with Gasteiger partial charge in [-0.15, -0.1) is 6.58 Å². The summed E-state index contributed by atoms with van der Waals surface area (Å²) in [6.45, 7) is 7.91. The number of methoxy groups -OCH3 is 1. The van der Waals surface area contributed by atoms with Gasteiger partial charge in [-0.2, -0.15) is 0 Å². The maximum absolute atomic E-state index is 13.0. The molecule has 2 aromatic rings. The van der Waals surface area contributed by atoms with E-state index in [0.717, 1.165) is 16.8 Å². The molecule has 1 unspecified atom stereocenters. The van der Waals surface area contributed by atoms with Crippen molar-refractivity contribution in [1.29, 1.82) is 0 Å². The number of anilines is 1. The Balaban J connectivity index is 1.78. The van der Waals surface area contributed by atoms with Gasteiger partial charge < -0.3 is 10.1 Å². The van der Waals surface area contributed by atoms with Crippen molar-refractivity contribution in [2.45, 2.75) is 25.5 Å². The SMILES string of the molecule is C=CCN1C(=O)C(CC(=O)Nc2ccc([N+](=O)[O-])cc2OC)SC1=Nc1cc(C)ccc1C. The minimum Gasteiger partial charge on any atom is -0.494 e. The van der Waals surface area contributed by atoms with Gasteiger partial charge in [0, 0.05) is 19.0 Å². The fraction of sp³-hybridized carbons (Fsp3) is 0.261. The van der Waals surface area contributed by atoms with Crippen molar-refractivity contribution < 1.29 is 19.2 Å². The van der Waals surface area contributed by atoms with Crippen molar-refractivity contribution >= 4 is 45.8 Å². The summed E-state index contributed by atoms with van der Waals surface area (Å²) in [7, 11) is 1.36. The number of aryl methyl sites for hydroxylation is 2. The third kappa shape index (κ3) is 5.58. The zero-order valence-electron chi connectivity index (χ0n) is 18.5. The molecule has 0 aliphatic carbocycles. The number of nitro groups is 1. The number of nitrogens with zero attached hydrogens (tertiary/aromatic N) is 3. The third-order valence-corrected chi connectivity index (χ3v) is 6.13. The highest BCUT2D eigenvalue weighted by Crippen LogP contribution is 2.34. The molecular formula is C23H24N4O5S. The number of rotatable bonds is 8. The Kier molecular flexibility index (Phi) is 7.49. The molecule has 172 valence electrons. The van der Waals surface area contributed by atoms with Crippen molar-refractivity contribution in [2.24, 2.45) is 4.99 Å². The highest BCUT2D eigenvalue weighted by Gasteiger charge is 2.38. The van der Waals surface area contributed by atoms with Crippen LogP contribution < -0.4 is 10.1 Å². The Morgan fingerprint density at radius 2 is 2.09 bits per heavy atom. The van der Waals surface area contributed by atoms with Crippen molar-refractivity contribution in [3.05, 3.63) is 70.3 Å². The van der Waals surface area contributed by atoms with Crippen LogP contribution in [-0.4, -0.2) is 45.7 Å². The van der Waals surface area contributed by atoms with E-state index in [1.165, 1.54) is 42.0 Å². The average molecular weight is 469 g/mol. The summed E-state index contributed by atoms with van der Waals surface area (Å²) < 4.78 is 5.15. The molecule has 9 nitrogen and oxygen atoms in total. The minimum atomic E-state index is -0.655. The van der Waals surface area contributed by atoms with Crippen molar-refractivity contribution in [1.82, 2.24) is 4.90 Å². The lowest BCUT2D eigenvalue weighted by Crippen LogP contribution is -2.33. The lowest BCUT2D eigenvalue weighted by Gasteiger charge is -2.14. The summed E-state index contributed by atoms with van der Waals surface area (Å²) in [5, 5.41) is 13.5. The number of hydrogen-bond acceptors (Lipinski definition) is 7. The maximum atomic E-state index is 13.0. The van der Waals surface area contributed by atoms with Gasteiger partial charge in [-0.1, -0.05) is 30.0 Å². The van der Waals surface area contributed by atoms with Crippen LogP contribution in [0.15, 0.2) is 54.0 Å². The van der Waals surface area contributed by atoms with E-state index in [4.69, 9.17) is 4.74 Å². The van der Waals surface area contributed by atoms with Gasteiger partial charge in [0.2, 0.25) is 11.8 Å². The monoisotopic (exact) mass is 468 g/mol. The van der Waals surface area contributed by atoms with E-state index in [-0.39, 0.29) is 36.0 Å². The molecule has 0 spiro atoms. The number of thioether (sulfide) groups is 1. The fourth-order valence-corrected chi connectivity index (χ4v) is 4.39. The number of hydrogen-bond donors (Lipinski definition) is 1. The van der Waals surface area contributed by atoms with Crippen LogP contribution in [0.2, 0.25) is 0 Å². The number of ether oxygens (including phenoxy) is 1. The Hall–Kier alpha value is -3.66. The van der Waals surface area contributed by atoms with Crippen LogP contribution in [0, 0.1) is 24.0 Å². The van der Waals surface area contributed by atoms with Gasteiger partial charge in [-0.25, -0.2) is 4.99 Å². The largest absolute Gasteiger partial charge is 0.494 e. The first-order chi connectivity index (χ1) is 15.7. The normalized spacial score (nSPS) is 16.7. The molecule has 1 N–H and O–H groups in total. The Morgan fingerprint density at radius 1 is 1.33 bits per heavy atom. The van der Waals surface area contributed by atoms with Crippen LogP contribution in [0.3, 0.4) is 0 Å². The molecule has 2 aromatic carbocycles. The summed E-state index contributed by atoms with van der Waals surface area (Å²) >= 11 is 1.23. The minimum absolute atomic E-state index is 0.0941. The predicted octanol–water partition coefficient (Wildman–Crippen LogP) is 4.37. The second-order valence-corrected chi connectivity index (χ2v) is 8.59. The van der Waals surface area contributed by atoms with Gasteiger partial charge in [0.25, 0.3) is 5.69 Å². The number of carbonyl (C=O) groups excluding carboxylic acids is 2. The van der Waals surface area contributed by atoms with Crippen molar-refractivity contribution in [3.8, 4) is 5.75 Å². The van der Waals surface area contributed by atoms with E-state index in [2.05, 4.69) is 16.9 Å². The second kappa shape index (κ2) is 10.3. The molecule has 1 atom stereocenters. The van der Waals surface area contributed by atoms with Gasteiger partial charge in [0.1, 0.15) is 11.0 Å². The van der Waals surface area contributed by atoms with Crippen LogP contribution in [0.5, 0.6) is 5.75 Å². The van der Waals surface area contributed by atoms with E-state index in [1.54, 1.807) is 6.08 Å². The fourth-order valence-electron chi connectivity index (χ4n) is 3.23.